The predicted octanol–water partition coefficient (Wildman–Crippen LogP) is 2.30. The van der Waals surface area contributed by atoms with Crippen LogP contribution in [-0.4, -0.2) is 29.5 Å². The average molecular weight is 407 g/mol. The molecule has 3 N–H and O–H groups in total. The Labute approximate surface area is 152 Å². The van der Waals surface area contributed by atoms with E-state index >= 15 is 0 Å². The van der Waals surface area contributed by atoms with Gasteiger partial charge in [-0.2, -0.15) is 0 Å². The van der Waals surface area contributed by atoms with E-state index in [1.54, 1.807) is 18.2 Å². The lowest BCUT2D eigenvalue weighted by Gasteiger charge is -2.10. The zero-order valence-corrected chi connectivity index (χ0v) is 14.8. The lowest BCUT2D eigenvalue weighted by atomic mass is 10.1. The van der Waals surface area contributed by atoms with Gasteiger partial charge in [0, 0.05) is 4.47 Å². The second-order valence-corrected chi connectivity index (χ2v) is 5.91. The first-order valence-electron chi connectivity index (χ1n) is 7.19. The first kappa shape index (κ1) is 18.5. The van der Waals surface area contributed by atoms with Crippen LogP contribution in [0.4, 0.5) is 0 Å². The molecule has 2 aromatic rings. The number of hydrazine groups is 1. The Kier molecular flexibility index (Phi) is 6.13. The molecule has 0 fully saturated rings. The van der Waals surface area contributed by atoms with E-state index in [0.717, 1.165) is 10.0 Å². The quantitative estimate of drug-likeness (QED) is 0.660. The van der Waals surface area contributed by atoms with Crippen LogP contribution in [0.25, 0.3) is 0 Å². The van der Waals surface area contributed by atoms with E-state index in [2.05, 4.69) is 26.8 Å². The maximum Gasteiger partial charge on any atom is 0.336 e. The second kappa shape index (κ2) is 8.29. The van der Waals surface area contributed by atoms with E-state index in [1.165, 1.54) is 24.3 Å². The zero-order chi connectivity index (χ0) is 18.4. The summed E-state index contributed by atoms with van der Waals surface area (Å²) in [5, 5.41) is 9.05. The Morgan fingerprint density at radius 3 is 2.40 bits per heavy atom. The van der Waals surface area contributed by atoms with Gasteiger partial charge in [-0.15, -0.1) is 0 Å². The van der Waals surface area contributed by atoms with Crippen molar-refractivity contribution in [2.75, 3.05) is 6.61 Å². The van der Waals surface area contributed by atoms with Gasteiger partial charge in [-0.1, -0.05) is 28.1 Å². The molecule has 0 bridgehead atoms. The van der Waals surface area contributed by atoms with Gasteiger partial charge in [-0.05, 0) is 42.8 Å². The van der Waals surface area contributed by atoms with Crippen LogP contribution in [0, 0.1) is 6.92 Å². The number of aromatic carboxylic acids is 1. The highest BCUT2D eigenvalue weighted by Gasteiger charge is 2.16. The van der Waals surface area contributed by atoms with Gasteiger partial charge in [0.05, 0.1) is 11.1 Å². The molecule has 8 heteroatoms. The van der Waals surface area contributed by atoms with Crippen molar-refractivity contribution in [3.05, 3.63) is 63.6 Å². The Morgan fingerprint density at radius 1 is 1.08 bits per heavy atom. The highest BCUT2D eigenvalue weighted by Crippen LogP contribution is 2.21. The Bertz CT molecular complexity index is 822. The SMILES string of the molecule is Cc1cc(OCC(=O)NNC(=O)c2ccccc2C(=O)O)ccc1Br. The molecule has 7 nitrogen and oxygen atoms in total. The number of carboxylic acids is 1. The highest BCUT2D eigenvalue weighted by molar-refractivity contribution is 9.10. The topological polar surface area (TPSA) is 105 Å². The van der Waals surface area contributed by atoms with Crippen molar-refractivity contribution in [1.29, 1.82) is 0 Å². The van der Waals surface area contributed by atoms with Crippen LogP contribution in [0.3, 0.4) is 0 Å². The maximum atomic E-state index is 12.0. The molecule has 0 saturated heterocycles. The molecular formula is C17H15BrN2O5. The van der Waals surface area contributed by atoms with Gasteiger partial charge in [0.15, 0.2) is 6.61 Å². The van der Waals surface area contributed by atoms with Crippen LogP contribution in [0.15, 0.2) is 46.9 Å². The molecule has 0 unspecified atom stereocenters. The van der Waals surface area contributed by atoms with E-state index in [9.17, 15) is 14.4 Å². The van der Waals surface area contributed by atoms with Gasteiger partial charge in [-0.25, -0.2) is 4.79 Å². The van der Waals surface area contributed by atoms with Crippen molar-refractivity contribution < 1.29 is 24.2 Å². The Morgan fingerprint density at radius 2 is 1.76 bits per heavy atom. The number of hydrogen-bond donors (Lipinski definition) is 3. The molecule has 0 saturated carbocycles. The molecule has 0 aliphatic rings. The zero-order valence-electron chi connectivity index (χ0n) is 13.2. The fraction of sp³-hybridized carbons (Fsp3) is 0.118. The molecule has 25 heavy (non-hydrogen) atoms. The van der Waals surface area contributed by atoms with E-state index in [1.807, 2.05) is 6.92 Å². The molecule has 0 aliphatic heterocycles. The molecule has 0 spiro atoms. The highest BCUT2D eigenvalue weighted by atomic mass is 79.9. The van der Waals surface area contributed by atoms with Gasteiger partial charge >= 0.3 is 5.97 Å². The molecule has 0 aromatic heterocycles. The summed E-state index contributed by atoms with van der Waals surface area (Å²) in [4.78, 5) is 34.8. The smallest absolute Gasteiger partial charge is 0.336 e. The first-order chi connectivity index (χ1) is 11.9. The van der Waals surface area contributed by atoms with E-state index in [-0.39, 0.29) is 17.7 Å². The number of ether oxygens (including phenoxy) is 1. The third-order valence-electron chi connectivity index (χ3n) is 3.22. The molecule has 0 aliphatic carbocycles. The van der Waals surface area contributed by atoms with Crippen molar-refractivity contribution in [3.63, 3.8) is 0 Å². The van der Waals surface area contributed by atoms with Gasteiger partial charge in [0.25, 0.3) is 11.8 Å². The molecule has 2 aromatic carbocycles. The van der Waals surface area contributed by atoms with E-state index in [0.29, 0.717) is 5.75 Å². The van der Waals surface area contributed by atoms with Gasteiger partial charge in [0.2, 0.25) is 0 Å². The molecule has 0 radical (unpaired) electrons. The van der Waals surface area contributed by atoms with Gasteiger partial charge in [0.1, 0.15) is 5.75 Å². The monoisotopic (exact) mass is 406 g/mol. The number of amides is 2. The van der Waals surface area contributed by atoms with Crippen LogP contribution in [0.2, 0.25) is 0 Å². The lowest BCUT2D eigenvalue weighted by Crippen LogP contribution is -2.44. The van der Waals surface area contributed by atoms with Crippen molar-refractivity contribution in [1.82, 2.24) is 10.9 Å². The lowest BCUT2D eigenvalue weighted by molar-refractivity contribution is -0.123. The summed E-state index contributed by atoms with van der Waals surface area (Å²) in [5.74, 6) is -2.03. The van der Waals surface area contributed by atoms with Crippen LogP contribution in [-0.2, 0) is 4.79 Å². The Hall–Kier alpha value is -2.87. The molecule has 2 amide bonds. The summed E-state index contributed by atoms with van der Waals surface area (Å²) < 4.78 is 6.25. The van der Waals surface area contributed by atoms with Crippen molar-refractivity contribution in [2.24, 2.45) is 0 Å². The fourth-order valence-electron chi connectivity index (χ4n) is 1.95. The number of carbonyl (C=O) groups is 3. The van der Waals surface area contributed by atoms with E-state index < -0.39 is 17.8 Å². The van der Waals surface area contributed by atoms with Crippen LogP contribution >= 0.6 is 15.9 Å². The second-order valence-electron chi connectivity index (χ2n) is 5.05. The number of halogens is 1. The molecule has 130 valence electrons. The van der Waals surface area contributed by atoms with Crippen molar-refractivity contribution in [2.45, 2.75) is 6.92 Å². The van der Waals surface area contributed by atoms with Gasteiger partial charge in [-0.3, -0.25) is 20.4 Å². The summed E-state index contributed by atoms with van der Waals surface area (Å²) in [6, 6.07) is 11.0. The molecule has 0 atom stereocenters. The summed E-state index contributed by atoms with van der Waals surface area (Å²) in [7, 11) is 0. The molecular weight excluding hydrogens is 392 g/mol. The number of hydrogen-bond acceptors (Lipinski definition) is 4. The van der Waals surface area contributed by atoms with Crippen LogP contribution in [0.5, 0.6) is 5.75 Å². The maximum absolute atomic E-state index is 12.0. The normalized spacial score (nSPS) is 10.0. The number of nitrogens with one attached hydrogen (secondary N) is 2. The number of benzene rings is 2. The fourth-order valence-corrected chi connectivity index (χ4v) is 2.20. The van der Waals surface area contributed by atoms with Crippen molar-refractivity contribution in [3.8, 4) is 5.75 Å². The largest absolute Gasteiger partial charge is 0.484 e. The summed E-state index contributed by atoms with van der Waals surface area (Å²) in [6.45, 7) is 1.58. The van der Waals surface area contributed by atoms with Crippen LogP contribution in [0.1, 0.15) is 26.3 Å². The number of aryl methyl sites for hydroxylation is 1. The molecule has 0 heterocycles. The minimum Gasteiger partial charge on any atom is -0.484 e. The minimum absolute atomic E-state index is 0.0558. The molecule has 2 rings (SSSR count). The predicted molar refractivity (Wildman–Crippen MR) is 93.4 cm³/mol. The first-order valence-corrected chi connectivity index (χ1v) is 7.98. The van der Waals surface area contributed by atoms with Gasteiger partial charge < -0.3 is 9.84 Å². The minimum atomic E-state index is -1.23. The Balaban J connectivity index is 1.88. The third kappa shape index (κ3) is 5.05. The number of carbonyl (C=O) groups excluding carboxylic acids is 2. The van der Waals surface area contributed by atoms with E-state index in [4.69, 9.17) is 9.84 Å². The number of carboxylic acid groups (broad SMARTS) is 1. The number of rotatable bonds is 5. The average Bonchev–Trinajstić information content (AvgIpc) is 2.60. The summed E-state index contributed by atoms with van der Waals surface area (Å²) in [6.07, 6.45) is 0. The summed E-state index contributed by atoms with van der Waals surface area (Å²) in [5.41, 5.74) is 5.08. The standard InChI is InChI=1S/C17H15BrN2O5/c1-10-8-11(6-7-14(10)18)25-9-15(21)19-20-16(22)12-4-2-3-5-13(12)17(23)24/h2-8H,9H2,1H3,(H,19,21)(H,20,22)(H,23,24). The van der Waals surface area contributed by atoms with Crippen molar-refractivity contribution >= 4 is 33.7 Å². The van der Waals surface area contributed by atoms with Crippen LogP contribution < -0.4 is 15.6 Å². The summed E-state index contributed by atoms with van der Waals surface area (Å²) >= 11 is 3.36. The third-order valence-corrected chi connectivity index (χ3v) is 4.11.